The summed E-state index contributed by atoms with van der Waals surface area (Å²) in [5, 5.41) is 0. The van der Waals surface area contributed by atoms with Crippen molar-refractivity contribution in [2.75, 3.05) is 26.7 Å². The number of nitrogens with zero attached hydrogens (tertiary/aromatic N) is 3. The molecule has 2 aromatic rings. The van der Waals surface area contributed by atoms with Gasteiger partial charge in [-0.1, -0.05) is 6.07 Å². The van der Waals surface area contributed by atoms with Crippen LogP contribution in [0.15, 0.2) is 34.9 Å². The Morgan fingerprint density at radius 3 is 2.68 bits per heavy atom. The third-order valence-corrected chi connectivity index (χ3v) is 5.07. The number of amides is 1. The van der Waals surface area contributed by atoms with Crippen LogP contribution in [0.1, 0.15) is 40.4 Å². The molecular formula is C20H27N3O2. The van der Waals surface area contributed by atoms with Gasteiger partial charge in [-0.3, -0.25) is 9.78 Å². The Bertz CT molecular complexity index is 703. The van der Waals surface area contributed by atoms with E-state index < -0.39 is 0 Å². The Morgan fingerprint density at radius 1 is 1.32 bits per heavy atom. The standard InChI is InChI=1S/C20H27N3O2/c1-15-14-16(2)25-19(15)20(24)22(3)18-8-12-23(13-9-18)11-7-17-6-4-5-10-21-17/h4-6,10,14,18H,7-9,11-13H2,1-3H3. The van der Waals surface area contributed by atoms with Gasteiger partial charge in [0.05, 0.1) is 0 Å². The number of aryl methyl sites for hydroxylation is 2. The molecule has 2 aromatic heterocycles. The third-order valence-electron chi connectivity index (χ3n) is 5.07. The molecule has 3 rings (SSSR count). The summed E-state index contributed by atoms with van der Waals surface area (Å²) in [6.07, 6.45) is 4.83. The van der Waals surface area contributed by atoms with E-state index in [1.54, 1.807) is 0 Å². The van der Waals surface area contributed by atoms with Gasteiger partial charge in [-0.2, -0.15) is 0 Å². The van der Waals surface area contributed by atoms with Crippen LogP contribution in [0.4, 0.5) is 0 Å². The lowest BCUT2D eigenvalue weighted by Crippen LogP contribution is -2.46. The SMILES string of the molecule is Cc1cc(C)c(C(=O)N(C)C2CCN(CCc3ccccn3)CC2)o1. The smallest absolute Gasteiger partial charge is 0.289 e. The van der Waals surface area contributed by atoms with E-state index in [1.807, 2.05) is 50.2 Å². The maximum atomic E-state index is 12.7. The fourth-order valence-corrected chi connectivity index (χ4v) is 3.53. The Balaban J connectivity index is 1.50. The van der Waals surface area contributed by atoms with Gasteiger partial charge in [-0.15, -0.1) is 0 Å². The molecule has 0 atom stereocenters. The van der Waals surface area contributed by atoms with E-state index in [4.69, 9.17) is 4.42 Å². The van der Waals surface area contributed by atoms with Gasteiger partial charge in [-0.25, -0.2) is 0 Å². The van der Waals surface area contributed by atoms with E-state index in [9.17, 15) is 4.79 Å². The van der Waals surface area contributed by atoms with Crippen molar-refractivity contribution in [3.05, 3.63) is 53.2 Å². The predicted octanol–water partition coefficient (Wildman–Crippen LogP) is 3.07. The van der Waals surface area contributed by atoms with Crippen molar-refractivity contribution in [3.63, 3.8) is 0 Å². The first-order valence-electron chi connectivity index (χ1n) is 9.01. The van der Waals surface area contributed by atoms with E-state index in [1.165, 1.54) is 0 Å². The van der Waals surface area contributed by atoms with Gasteiger partial charge in [0, 0.05) is 56.6 Å². The van der Waals surface area contributed by atoms with Crippen molar-refractivity contribution >= 4 is 5.91 Å². The number of pyridine rings is 1. The monoisotopic (exact) mass is 341 g/mol. The number of aromatic nitrogens is 1. The first-order chi connectivity index (χ1) is 12.0. The van der Waals surface area contributed by atoms with Gasteiger partial charge in [0.1, 0.15) is 5.76 Å². The van der Waals surface area contributed by atoms with Crippen LogP contribution in [-0.4, -0.2) is 53.4 Å². The molecule has 0 unspecified atom stereocenters. The molecule has 0 saturated carbocycles. The summed E-state index contributed by atoms with van der Waals surface area (Å²) in [5.74, 6) is 1.27. The van der Waals surface area contributed by atoms with Crippen molar-refractivity contribution in [2.45, 2.75) is 39.2 Å². The van der Waals surface area contributed by atoms with Crippen LogP contribution in [0.2, 0.25) is 0 Å². The van der Waals surface area contributed by atoms with Crippen LogP contribution in [0.25, 0.3) is 0 Å². The molecular weight excluding hydrogens is 314 g/mol. The van der Waals surface area contributed by atoms with Crippen LogP contribution in [0.5, 0.6) is 0 Å². The maximum Gasteiger partial charge on any atom is 0.289 e. The summed E-state index contributed by atoms with van der Waals surface area (Å²) < 4.78 is 5.59. The molecule has 25 heavy (non-hydrogen) atoms. The number of furan rings is 1. The molecule has 0 N–H and O–H groups in total. The average Bonchev–Trinajstić information content (AvgIpc) is 2.98. The average molecular weight is 341 g/mol. The number of hydrogen-bond donors (Lipinski definition) is 0. The normalized spacial score (nSPS) is 16.1. The molecule has 0 spiro atoms. The molecule has 3 heterocycles. The summed E-state index contributed by atoms with van der Waals surface area (Å²) in [6, 6.07) is 8.26. The lowest BCUT2D eigenvalue weighted by molar-refractivity contribution is 0.0610. The Morgan fingerprint density at radius 2 is 2.08 bits per heavy atom. The fourth-order valence-electron chi connectivity index (χ4n) is 3.53. The molecule has 5 nitrogen and oxygen atoms in total. The van der Waals surface area contributed by atoms with Gasteiger partial charge in [0.15, 0.2) is 5.76 Å². The lowest BCUT2D eigenvalue weighted by Gasteiger charge is -2.36. The number of carbonyl (C=O) groups excluding carboxylic acids is 1. The van der Waals surface area contributed by atoms with Crippen molar-refractivity contribution in [2.24, 2.45) is 0 Å². The molecule has 1 saturated heterocycles. The number of likely N-dealkylation sites (tertiary alicyclic amines) is 1. The zero-order valence-corrected chi connectivity index (χ0v) is 15.4. The van der Waals surface area contributed by atoms with Gasteiger partial charge >= 0.3 is 0 Å². The van der Waals surface area contributed by atoms with Crippen LogP contribution in [0.3, 0.4) is 0 Å². The molecule has 134 valence electrons. The van der Waals surface area contributed by atoms with Crippen LogP contribution in [0, 0.1) is 13.8 Å². The van der Waals surface area contributed by atoms with Gasteiger partial charge in [0.2, 0.25) is 0 Å². The largest absolute Gasteiger partial charge is 0.456 e. The highest BCUT2D eigenvalue weighted by atomic mass is 16.4. The van der Waals surface area contributed by atoms with Crippen LogP contribution < -0.4 is 0 Å². The van der Waals surface area contributed by atoms with Gasteiger partial charge < -0.3 is 14.2 Å². The fraction of sp³-hybridized carbons (Fsp3) is 0.500. The zero-order valence-electron chi connectivity index (χ0n) is 15.4. The Hall–Kier alpha value is -2.14. The number of rotatable bonds is 5. The van der Waals surface area contributed by atoms with E-state index in [-0.39, 0.29) is 11.9 Å². The second kappa shape index (κ2) is 7.83. The molecule has 0 radical (unpaired) electrons. The quantitative estimate of drug-likeness (QED) is 0.839. The summed E-state index contributed by atoms with van der Waals surface area (Å²) in [5.41, 5.74) is 2.06. The topological polar surface area (TPSA) is 49.6 Å². The number of hydrogen-bond acceptors (Lipinski definition) is 4. The minimum absolute atomic E-state index is 0.00228. The molecule has 0 aliphatic carbocycles. The zero-order chi connectivity index (χ0) is 17.8. The molecule has 5 heteroatoms. The summed E-state index contributed by atoms with van der Waals surface area (Å²) in [4.78, 5) is 21.4. The van der Waals surface area contributed by atoms with E-state index in [2.05, 4.69) is 16.0 Å². The first-order valence-corrected chi connectivity index (χ1v) is 9.01. The highest BCUT2D eigenvalue weighted by Crippen LogP contribution is 2.21. The summed E-state index contributed by atoms with van der Waals surface area (Å²) >= 11 is 0. The second-order valence-electron chi connectivity index (χ2n) is 6.93. The number of piperidine rings is 1. The minimum Gasteiger partial charge on any atom is -0.456 e. The minimum atomic E-state index is -0.00228. The van der Waals surface area contributed by atoms with E-state index in [0.29, 0.717) is 5.76 Å². The summed E-state index contributed by atoms with van der Waals surface area (Å²) in [6.45, 7) is 6.87. The Kier molecular flexibility index (Phi) is 5.53. The van der Waals surface area contributed by atoms with E-state index >= 15 is 0 Å². The molecule has 0 aromatic carbocycles. The van der Waals surface area contributed by atoms with Crippen molar-refractivity contribution < 1.29 is 9.21 Å². The molecule has 1 amide bonds. The van der Waals surface area contributed by atoms with Crippen molar-refractivity contribution in [1.82, 2.24) is 14.8 Å². The highest BCUT2D eigenvalue weighted by molar-refractivity contribution is 5.93. The van der Waals surface area contributed by atoms with E-state index in [0.717, 1.165) is 55.9 Å². The van der Waals surface area contributed by atoms with Gasteiger partial charge in [-0.05, 0) is 44.9 Å². The van der Waals surface area contributed by atoms with Crippen LogP contribution >= 0.6 is 0 Å². The summed E-state index contributed by atoms with van der Waals surface area (Å²) in [7, 11) is 1.90. The van der Waals surface area contributed by atoms with Crippen LogP contribution in [-0.2, 0) is 6.42 Å². The maximum absolute atomic E-state index is 12.7. The molecule has 1 aliphatic heterocycles. The first kappa shape index (κ1) is 17.7. The molecule has 0 bridgehead atoms. The Labute approximate surface area is 149 Å². The van der Waals surface area contributed by atoms with Crippen molar-refractivity contribution in [1.29, 1.82) is 0 Å². The third kappa shape index (κ3) is 4.28. The lowest BCUT2D eigenvalue weighted by atomic mass is 10.0. The molecule has 1 fully saturated rings. The van der Waals surface area contributed by atoms with Crippen molar-refractivity contribution in [3.8, 4) is 0 Å². The predicted molar refractivity (Wildman–Crippen MR) is 97.7 cm³/mol. The van der Waals surface area contributed by atoms with Gasteiger partial charge in [0.25, 0.3) is 5.91 Å². The number of carbonyl (C=O) groups is 1. The highest BCUT2D eigenvalue weighted by Gasteiger charge is 2.28. The molecule has 1 aliphatic rings. The second-order valence-corrected chi connectivity index (χ2v) is 6.93.